The quantitative estimate of drug-likeness (QED) is 0.732. The van der Waals surface area contributed by atoms with E-state index in [1.165, 1.54) is 6.33 Å². The highest BCUT2D eigenvalue weighted by Crippen LogP contribution is 2.25. The molecule has 2 aliphatic rings. The molecule has 0 aliphatic carbocycles. The summed E-state index contributed by atoms with van der Waals surface area (Å²) in [7, 11) is 0. The topological polar surface area (TPSA) is 100 Å². The van der Waals surface area contributed by atoms with Crippen molar-refractivity contribution in [1.82, 2.24) is 19.8 Å². The molecule has 2 fully saturated rings. The molecule has 27 heavy (non-hydrogen) atoms. The van der Waals surface area contributed by atoms with Gasteiger partial charge in [-0.1, -0.05) is 12.1 Å². The Bertz CT molecular complexity index is 961. The first-order valence-corrected chi connectivity index (χ1v) is 8.72. The van der Waals surface area contributed by atoms with Crippen LogP contribution in [0.1, 0.15) is 5.56 Å². The van der Waals surface area contributed by atoms with Gasteiger partial charge in [0, 0.05) is 37.8 Å². The van der Waals surface area contributed by atoms with Crippen molar-refractivity contribution in [2.24, 2.45) is 0 Å². The molecule has 1 aromatic heterocycles. The number of amides is 1. The highest BCUT2D eigenvalue weighted by atomic mass is 16.2. The van der Waals surface area contributed by atoms with Crippen molar-refractivity contribution in [2.75, 3.05) is 37.6 Å². The van der Waals surface area contributed by atoms with Crippen LogP contribution in [-0.4, -0.2) is 64.4 Å². The van der Waals surface area contributed by atoms with E-state index in [4.69, 9.17) is 10.5 Å². The fourth-order valence-corrected chi connectivity index (χ4v) is 3.56. The van der Waals surface area contributed by atoms with Gasteiger partial charge in [-0.05, 0) is 12.1 Å². The predicted octanol–water partition coefficient (Wildman–Crippen LogP) is 0.829. The lowest BCUT2D eigenvalue weighted by atomic mass is 10.1. The zero-order chi connectivity index (χ0) is 18.8. The summed E-state index contributed by atoms with van der Waals surface area (Å²) in [6.07, 6.45) is 3.57. The van der Waals surface area contributed by atoms with Crippen molar-refractivity contribution in [1.29, 1.82) is 10.5 Å². The zero-order valence-corrected chi connectivity index (χ0v) is 14.6. The lowest BCUT2D eigenvalue weighted by molar-refractivity contribution is -0.127. The van der Waals surface area contributed by atoms with Gasteiger partial charge in [0.25, 0.3) is 0 Å². The first kappa shape index (κ1) is 17.0. The van der Waals surface area contributed by atoms with Crippen molar-refractivity contribution in [2.45, 2.75) is 6.04 Å². The van der Waals surface area contributed by atoms with Crippen LogP contribution in [0.5, 0.6) is 0 Å². The molecule has 1 amide bonds. The van der Waals surface area contributed by atoms with E-state index in [9.17, 15) is 4.79 Å². The number of hydrogen-bond donors (Lipinski definition) is 0. The Morgan fingerprint density at radius 2 is 1.93 bits per heavy atom. The Balaban J connectivity index is 1.61. The minimum Gasteiger partial charge on any atom is -0.307 e. The molecule has 4 rings (SSSR count). The molecule has 8 nitrogen and oxygen atoms in total. The van der Waals surface area contributed by atoms with Gasteiger partial charge in [-0.25, -0.2) is 9.97 Å². The maximum atomic E-state index is 13.0. The summed E-state index contributed by atoms with van der Waals surface area (Å²) in [5.41, 5.74) is 2.02. The molecule has 1 aromatic carbocycles. The standard InChI is InChI=1S/C19H17N7O/c20-10-14-2-1-3-15(8-14)16-9-18(23-13-22-16)26-7-6-25-5-4-24(12-21)11-17(25)19(26)27/h1-3,8-9,13,17H,4-7,11H2/t17-/m1/s1. The Labute approximate surface area is 156 Å². The van der Waals surface area contributed by atoms with E-state index in [2.05, 4.69) is 27.1 Å². The molecular weight excluding hydrogens is 342 g/mol. The number of nitrogens with zero attached hydrogens (tertiary/aromatic N) is 7. The number of fused-ring (bicyclic) bond motifs is 1. The molecule has 2 aliphatic heterocycles. The number of hydrogen-bond acceptors (Lipinski definition) is 7. The van der Waals surface area contributed by atoms with Crippen molar-refractivity contribution >= 4 is 11.7 Å². The summed E-state index contributed by atoms with van der Waals surface area (Å²) in [5, 5.41) is 18.2. The average molecular weight is 359 g/mol. The molecule has 3 heterocycles. The molecule has 134 valence electrons. The van der Waals surface area contributed by atoms with Gasteiger partial charge < -0.3 is 4.90 Å². The van der Waals surface area contributed by atoms with Crippen LogP contribution in [0, 0.1) is 22.8 Å². The third-order valence-electron chi connectivity index (χ3n) is 5.01. The van der Waals surface area contributed by atoms with Crippen molar-refractivity contribution < 1.29 is 4.79 Å². The van der Waals surface area contributed by atoms with Crippen molar-refractivity contribution in [3.63, 3.8) is 0 Å². The first-order chi connectivity index (χ1) is 13.2. The Morgan fingerprint density at radius 1 is 1.07 bits per heavy atom. The first-order valence-electron chi connectivity index (χ1n) is 8.72. The third-order valence-corrected chi connectivity index (χ3v) is 5.01. The molecule has 2 saturated heterocycles. The van der Waals surface area contributed by atoms with Gasteiger partial charge >= 0.3 is 0 Å². The molecule has 8 heteroatoms. The van der Waals surface area contributed by atoms with Gasteiger partial charge in [0.1, 0.15) is 18.2 Å². The van der Waals surface area contributed by atoms with Crippen LogP contribution in [0.25, 0.3) is 11.3 Å². The number of anilines is 1. The third kappa shape index (κ3) is 3.19. The second-order valence-corrected chi connectivity index (χ2v) is 6.54. The van der Waals surface area contributed by atoms with Crippen LogP contribution < -0.4 is 4.90 Å². The summed E-state index contributed by atoms with van der Waals surface area (Å²) in [5.74, 6) is 0.498. The molecule has 0 unspecified atom stereocenters. The van der Waals surface area contributed by atoms with Crippen LogP contribution in [0.3, 0.4) is 0 Å². The molecule has 0 radical (unpaired) electrons. The van der Waals surface area contributed by atoms with E-state index in [0.29, 0.717) is 43.3 Å². The molecule has 0 saturated carbocycles. The largest absolute Gasteiger partial charge is 0.307 e. The van der Waals surface area contributed by atoms with Gasteiger partial charge in [-0.2, -0.15) is 10.5 Å². The SMILES string of the molecule is N#Cc1cccc(-c2cc(N3CCN4CCN(C#N)C[C@@H]4C3=O)ncn2)c1. The van der Waals surface area contributed by atoms with Crippen LogP contribution in [0.2, 0.25) is 0 Å². The van der Waals surface area contributed by atoms with E-state index < -0.39 is 0 Å². The Hall–Kier alpha value is -3.49. The van der Waals surface area contributed by atoms with Crippen LogP contribution >= 0.6 is 0 Å². The van der Waals surface area contributed by atoms with Gasteiger partial charge in [-0.15, -0.1) is 0 Å². The average Bonchev–Trinajstić information content (AvgIpc) is 2.74. The zero-order valence-electron chi connectivity index (χ0n) is 14.6. The van der Waals surface area contributed by atoms with Crippen molar-refractivity contribution in [3.8, 4) is 23.5 Å². The minimum atomic E-state index is -0.326. The molecule has 2 aromatic rings. The second-order valence-electron chi connectivity index (χ2n) is 6.54. The maximum absolute atomic E-state index is 13.0. The number of piperazine rings is 2. The highest BCUT2D eigenvalue weighted by molar-refractivity contribution is 5.97. The number of carbonyl (C=O) groups excluding carboxylic acids is 1. The molecular formula is C19H17N7O. The van der Waals surface area contributed by atoms with E-state index in [0.717, 1.165) is 12.1 Å². The molecule has 0 bridgehead atoms. The Morgan fingerprint density at radius 3 is 2.74 bits per heavy atom. The van der Waals surface area contributed by atoms with Crippen LogP contribution in [-0.2, 0) is 4.79 Å². The number of benzene rings is 1. The molecule has 0 N–H and O–H groups in total. The fraction of sp³-hybridized carbons (Fsp3) is 0.316. The smallest absolute Gasteiger partial charge is 0.247 e. The van der Waals surface area contributed by atoms with Gasteiger partial charge in [-0.3, -0.25) is 14.6 Å². The number of aromatic nitrogens is 2. The van der Waals surface area contributed by atoms with E-state index in [1.54, 1.807) is 34.1 Å². The van der Waals surface area contributed by atoms with Crippen LogP contribution in [0.4, 0.5) is 5.82 Å². The highest BCUT2D eigenvalue weighted by Gasteiger charge is 2.39. The summed E-state index contributed by atoms with van der Waals surface area (Å²) in [6, 6.07) is 10.7. The fourth-order valence-electron chi connectivity index (χ4n) is 3.56. The number of rotatable bonds is 2. The van der Waals surface area contributed by atoms with Gasteiger partial charge in [0.2, 0.25) is 5.91 Å². The normalized spacial score (nSPS) is 19.9. The van der Waals surface area contributed by atoms with Crippen molar-refractivity contribution in [3.05, 3.63) is 42.2 Å². The molecule has 0 spiro atoms. The van der Waals surface area contributed by atoms with Gasteiger partial charge in [0.15, 0.2) is 6.19 Å². The summed E-state index contributed by atoms with van der Waals surface area (Å²) < 4.78 is 0. The lowest BCUT2D eigenvalue weighted by Crippen LogP contribution is -2.64. The molecule has 1 atom stereocenters. The van der Waals surface area contributed by atoms with E-state index in [-0.39, 0.29) is 11.9 Å². The summed E-state index contributed by atoms with van der Waals surface area (Å²) >= 11 is 0. The summed E-state index contributed by atoms with van der Waals surface area (Å²) in [6.45, 7) is 3.09. The second kappa shape index (κ2) is 7.02. The van der Waals surface area contributed by atoms with Gasteiger partial charge in [0.05, 0.1) is 23.9 Å². The predicted molar refractivity (Wildman–Crippen MR) is 97.1 cm³/mol. The monoisotopic (exact) mass is 359 g/mol. The maximum Gasteiger partial charge on any atom is 0.247 e. The number of nitriles is 2. The number of carbonyl (C=O) groups is 1. The summed E-state index contributed by atoms with van der Waals surface area (Å²) in [4.78, 5) is 27.0. The van der Waals surface area contributed by atoms with E-state index in [1.807, 2.05) is 6.07 Å². The lowest BCUT2D eigenvalue weighted by Gasteiger charge is -2.44. The Kier molecular flexibility index (Phi) is 4.41. The van der Waals surface area contributed by atoms with E-state index >= 15 is 0 Å². The van der Waals surface area contributed by atoms with Crippen LogP contribution in [0.15, 0.2) is 36.7 Å². The minimum absolute atomic E-state index is 0.0448.